The minimum atomic E-state index is 0.552. The summed E-state index contributed by atoms with van der Waals surface area (Å²) in [6.07, 6.45) is 1.63. The lowest BCUT2D eigenvalue weighted by Crippen LogP contribution is -2.21. The monoisotopic (exact) mass is 354 g/mol. The van der Waals surface area contributed by atoms with Crippen molar-refractivity contribution in [2.45, 2.75) is 33.2 Å². The molecule has 0 amide bonds. The van der Waals surface area contributed by atoms with E-state index < -0.39 is 0 Å². The van der Waals surface area contributed by atoms with Gasteiger partial charge in [-0.05, 0) is 44.5 Å². The number of hydrogen-bond acceptors (Lipinski definition) is 3. The Hall–Kier alpha value is -1.23. The van der Waals surface area contributed by atoms with Gasteiger partial charge in [-0.25, -0.2) is 0 Å². The zero-order valence-corrected chi connectivity index (χ0v) is 15.0. The molecule has 0 atom stereocenters. The van der Waals surface area contributed by atoms with Gasteiger partial charge in [-0.15, -0.1) is 0 Å². The lowest BCUT2D eigenvalue weighted by atomic mass is 10.2. The molecule has 0 saturated heterocycles. The molecule has 2 aromatic rings. The van der Waals surface area contributed by atoms with Crippen molar-refractivity contribution in [1.29, 1.82) is 0 Å². The van der Waals surface area contributed by atoms with Crippen LogP contribution in [0.15, 0.2) is 18.2 Å². The van der Waals surface area contributed by atoms with Gasteiger partial charge < -0.3 is 10.1 Å². The molecule has 125 valence electrons. The number of nitrogens with one attached hydrogen (secondary N) is 1. The normalized spacial score (nSPS) is 11.0. The zero-order chi connectivity index (χ0) is 16.8. The lowest BCUT2D eigenvalue weighted by Gasteiger charge is -2.10. The Morgan fingerprint density at radius 3 is 2.43 bits per heavy atom. The van der Waals surface area contributed by atoms with Crippen molar-refractivity contribution in [2.75, 3.05) is 13.1 Å². The predicted octanol–water partition coefficient (Wildman–Crippen LogP) is 4.53. The second kappa shape index (κ2) is 8.57. The van der Waals surface area contributed by atoms with Crippen LogP contribution in [0.1, 0.15) is 25.2 Å². The summed E-state index contributed by atoms with van der Waals surface area (Å²) in [7, 11) is 0. The summed E-state index contributed by atoms with van der Waals surface area (Å²) in [6, 6.07) is 5.20. The molecule has 4 nitrogen and oxygen atoms in total. The first-order chi connectivity index (χ1) is 11.1. The van der Waals surface area contributed by atoms with Gasteiger partial charge >= 0.3 is 0 Å². The van der Waals surface area contributed by atoms with Gasteiger partial charge in [0.1, 0.15) is 11.4 Å². The van der Waals surface area contributed by atoms with Crippen LogP contribution in [0.2, 0.25) is 10.0 Å². The number of benzene rings is 1. The molecule has 6 heteroatoms. The van der Waals surface area contributed by atoms with Crippen molar-refractivity contribution >= 4 is 23.2 Å². The Labute approximate surface area is 147 Å². The highest BCUT2D eigenvalue weighted by Crippen LogP contribution is 2.33. The first-order valence-electron chi connectivity index (χ1n) is 7.81. The predicted molar refractivity (Wildman–Crippen MR) is 95.7 cm³/mol. The molecule has 0 unspecified atom stereocenters. The molecule has 0 aliphatic heterocycles. The highest BCUT2D eigenvalue weighted by Gasteiger charge is 2.18. The average molecular weight is 355 g/mol. The van der Waals surface area contributed by atoms with E-state index in [-0.39, 0.29) is 0 Å². The quantitative estimate of drug-likeness (QED) is 0.707. The number of ether oxygens (including phenoxy) is 1. The Kier molecular flexibility index (Phi) is 6.75. The Morgan fingerprint density at radius 1 is 1.17 bits per heavy atom. The van der Waals surface area contributed by atoms with E-state index in [1.165, 1.54) is 0 Å². The van der Waals surface area contributed by atoms with Gasteiger partial charge in [-0.1, -0.05) is 37.0 Å². The van der Waals surface area contributed by atoms with Crippen LogP contribution >= 0.6 is 23.2 Å². The molecule has 0 aliphatic carbocycles. The summed E-state index contributed by atoms with van der Waals surface area (Å²) in [6.45, 7) is 10.3. The molecule has 2 rings (SSSR count). The van der Waals surface area contributed by atoms with Gasteiger partial charge in [-0.3, -0.25) is 4.68 Å². The highest BCUT2D eigenvalue weighted by atomic mass is 35.5. The van der Waals surface area contributed by atoms with E-state index in [4.69, 9.17) is 27.9 Å². The first-order valence-corrected chi connectivity index (χ1v) is 8.57. The molecule has 23 heavy (non-hydrogen) atoms. The number of aryl methyl sites for hydroxylation is 1. The molecule has 1 heterocycles. The fraction of sp³-hybridized carbons (Fsp3) is 0.412. The van der Waals surface area contributed by atoms with Gasteiger partial charge in [0.25, 0.3) is 0 Å². The van der Waals surface area contributed by atoms with Crippen molar-refractivity contribution < 1.29 is 4.74 Å². The van der Waals surface area contributed by atoms with Gasteiger partial charge in [-0.2, -0.15) is 5.10 Å². The Bertz CT molecular complexity index is 635. The zero-order valence-electron chi connectivity index (χ0n) is 13.5. The molecule has 0 bridgehead atoms. The Balaban J connectivity index is 2.31. The van der Waals surface area contributed by atoms with Crippen molar-refractivity contribution in [1.82, 2.24) is 15.1 Å². The number of hydrogen-bond donors (Lipinski definition) is 1. The molecular weight excluding hydrogens is 333 g/mol. The maximum Gasteiger partial charge on any atom is 0.171 e. The fourth-order valence-corrected chi connectivity index (χ4v) is 2.93. The topological polar surface area (TPSA) is 39.1 Å². The molecule has 1 radical (unpaired) electrons. The third-order valence-corrected chi connectivity index (χ3v) is 3.92. The number of nitrogens with zero attached hydrogens (tertiary/aromatic N) is 2. The second-order valence-corrected chi connectivity index (χ2v) is 5.98. The summed E-state index contributed by atoms with van der Waals surface area (Å²) in [5, 5.41) is 8.99. The van der Waals surface area contributed by atoms with E-state index in [1.807, 2.05) is 4.68 Å². The van der Waals surface area contributed by atoms with Crippen molar-refractivity contribution in [3.63, 3.8) is 0 Å². The lowest BCUT2D eigenvalue weighted by molar-refractivity contribution is 0.467. The van der Waals surface area contributed by atoms with Crippen LogP contribution in [0.4, 0.5) is 0 Å². The van der Waals surface area contributed by atoms with Crippen LogP contribution in [0, 0.1) is 6.92 Å². The maximum absolute atomic E-state index is 6.09. The number of halogens is 2. The van der Waals surface area contributed by atoms with Crippen molar-refractivity contribution in [3.05, 3.63) is 46.6 Å². The van der Waals surface area contributed by atoms with Crippen LogP contribution in [-0.4, -0.2) is 22.9 Å². The van der Waals surface area contributed by atoms with Gasteiger partial charge in [0, 0.05) is 16.6 Å². The van der Waals surface area contributed by atoms with Crippen LogP contribution in [-0.2, 0) is 19.4 Å². The summed E-state index contributed by atoms with van der Waals surface area (Å²) in [4.78, 5) is 0. The maximum atomic E-state index is 6.09. The summed E-state index contributed by atoms with van der Waals surface area (Å²) < 4.78 is 8.09. The Morgan fingerprint density at radius 2 is 1.87 bits per heavy atom. The fourth-order valence-electron chi connectivity index (χ4n) is 2.43. The van der Waals surface area contributed by atoms with E-state index in [9.17, 15) is 0 Å². The van der Waals surface area contributed by atoms with Crippen molar-refractivity contribution in [2.24, 2.45) is 0 Å². The molecule has 1 N–H and O–H groups in total. The van der Waals surface area contributed by atoms with E-state index >= 15 is 0 Å². The highest BCUT2D eigenvalue weighted by molar-refractivity contribution is 6.34. The summed E-state index contributed by atoms with van der Waals surface area (Å²) in [5.74, 6) is 1.44. The molecular formula is C17H22Cl2N3O. The molecule has 0 fully saturated rings. The minimum Gasteiger partial charge on any atom is -0.453 e. The van der Waals surface area contributed by atoms with Crippen LogP contribution < -0.4 is 10.1 Å². The molecule has 0 saturated carbocycles. The minimum absolute atomic E-state index is 0.552. The van der Waals surface area contributed by atoms with E-state index in [0.717, 1.165) is 43.1 Å². The second-order valence-electron chi connectivity index (χ2n) is 5.11. The van der Waals surface area contributed by atoms with E-state index in [2.05, 4.69) is 31.2 Å². The van der Waals surface area contributed by atoms with Crippen LogP contribution in [0.25, 0.3) is 0 Å². The first kappa shape index (κ1) is 18.1. The van der Waals surface area contributed by atoms with Crippen LogP contribution in [0.3, 0.4) is 0 Å². The largest absolute Gasteiger partial charge is 0.453 e. The number of rotatable bonds is 8. The standard InChI is InChI=1S/C17H22Cl2N3O/c1-4-15-17(23-14-10-12(18)9-13(19)11-14)16(5-2)22(21-15)8-7-20-6-3/h9-11,20H,3-8H2,1-2H3. The van der Waals surface area contributed by atoms with Gasteiger partial charge in [0.15, 0.2) is 5.75 Å². The summed E-state index contributed by atoms with van der Waals surface area (Å²) in [5.41, 5.74) is 2.01. The third-order valence-electron chi connectivity index (χ3n) is 3.48. The van der Waals surface area contributed by atoms with Crippen molar-refractivity contribution in [3.8, 4) is 11.5 Å². The molecule has 0 spiro atoms. The van der Waals surface area contributed by atoms with E-state index in [1.54, 1.807) is 18.2 Å². The number of aromatic nitrogens is 2. The molecule has 1 aromatic carbocycles. The molecule has 1 aromatic heterocycles. The SMILES string of the molecule is [CH2]CNCCn1nc(CC)c(Oc2cc(Cl)cc(Cl)c2)c1CC. The average Bonchev–Trinajstić information content (AvgIpc) is 2.83. The van der Waals surface area contributed by atoms with Gasteiger partial charge in [0.2, 0.25) is 0 Å². The van der Waals surface area contributed by atoms with E-state index in [0.29, 0.717) is 22.3 Å². The van der Waals surface area contributed by atoms with Gasteiger partial charge in [0.05, 0.1) is 12.2 Å². The van der Waals surface area contributed by atoms with Crippen LogP contribution in [0.5, 0.6) is 11.5 Å². The molecule has 0 aliphatic rings. The summed E-state index contributed by atoms with van der Waals surface area (Å²) >= 11 is 12.1. The smallest absolute Gasteiger partial charge is 0.171 e. The third kappa shape index (κ3) is 4.63.